The van der Waals surface area contributed by atoms with Gasteiger partial charge in [0, 0.05) is 28.7 Å². The Labute approximate surface area is 268 Å². The van der Waals surface area contributed by atoms with Crippen molar-refractivity contribution in [3.05, 3.63) is 76.3 Å². The van der Waals surface area contributed by atoms with Crippen LogP contribution in [-0.2, 0) is 26.2 Å². The van der Waals surface area contributed by atoms with Gasteiger partial charge in [0.2, 0.25) is 11.8 Å². The molecule has 0 aliphatic rings. The number of benzene rings is 3. The molecule has 0 fully saturated rings. The van der Waals surface area contributed by atoms with Crippen LogP contribution in [0.25, 0.3) is 0 Å². The monoisotopic (exact) mass is 665 g/mol. The van der Waals surface area contributed by atoms with E-state index in [-0.39, 0.29) is 52.0 Å². The van der Waals surface area contributed by atoms with Crippen LogP contribution in [0.1, 0.15) is 32.8 Å². The van der Waals surface area contributed by atoms with Crippen LogP contribution >= 0.6 is 23.2 Å². The van der Waals surface area contributed by atoms with Crippen molar-refractivity contribution >= 4 is 50.7 Å². The number of hydrogen-bond acceptors (Lipinski definition) is 7. The second-order valence-electron chi connectivity index (χ2n) is 10.0. The van der Waals surface area contributed by atoms with E-state index < -0.39 is 28.5 Å². The molecule has 0 aromatic heterocycles. The van der Waals surface area contributed by atoms with Crippen molar-refractivity contribution in [3.8, 4) is 17.2 Å². The molecule has 0 heterocycles. The zero-order valence-corrected chi connectivity index (χ0v) is 27.8. The van der Waals surface area contributed by atoms with E-state index in [9.17, 15) is 18.0 Å². The molecule has 0 saturated carbocycles. The summed E-state index contributed by atoms with van der Waals surface area (Å²) in [7, 11) is -0.264. The van der Waals surface area contributed by atoms with Crippen LogP contribution in [0.2, 0.25) is 10.0 Å². The van der Waals surface area contributed by atoms with Crippen molar-refractivity contribution in [2.75, 3.05) is 32.2 Å². The Hall–Kier alpha value is -3.67. The quantitative estimate of drug-likeness (QED) is 0.240. The number of nitrogens with one attached hydrogen (secondary N) is 1. The number of ether oxygens (including phenoxy) is 3. The summed E-state index contributed by atoms with van der Waals surface area (Å²) in [5.74, 6) is -0.371. The highest BCUT2D eigenvalue weighted by atomic mass is 35.5. The number of methoxy groups -OCH3 is 3. The molecule has 0 unspecified atom stereocenters. The van der Waals surface area contributed by atoms with E-state index in [2.05, 4.69) is 5.32 Å². The highest BCUT2D eigenvalue weighted by Gasteiger charge is 2.35. The van der Waals surface area contributed by atoms with E-state index in [1.54, 1.807) is 37.3 Å². The Morgan fingerprint density at radius 2 is 1.52 bits per heavy atom. The molecule has 0 radical (unpaired) electrons. The highest BCUT2D eigenvalue weighted by molar-refractivity contribution is 7.92. The normalized spacial score (nSPS) is 11.9. The minimum atomic E-state index is -4.46. The van der Waals surface area contributed by atoms with Gasteiger partial charge < -0.3 is 24.4 Å². The summed E-state index contributed by atoms with van der Waals surface area (Å²) in [6.45, 7) is 4.67. The molecule has 0 aliphatic heterocycles. The Morgan fingerprint density at radius 1 is 0.886 bits per heavy atom. The lowest BCUT2D eigenvalue weighted by Crippen LogP contribution is -2.53. The van der Waals surface area contributed by atoms with Gasteiger partial charge in [0.25, 0.3) is 10.0 Å². The molecular formula is C31H37Cl2N3O7S. The average Bonchev–Trinajstić information content (AvgIpc) is 2.99. The first-order valence-electron chi connectivity index (χ1n) is 13.8. The first kappa shape index (κ1) is 34.8. The molecule has 3 aromatic rings. The maximum atomic E-state index is 14.3. The van der Waals surface area contributed by atoms with Crippen molar-refractivity contribution in [3.63, 3.8) is 0 Å². The van der Waals surface area contributed by atoms with Crippen LogP contribution in [-0.4, -0.2) is 65.1 Å². The molecule has 10 nitrogen and oxygen atoms in total. The van der Waals surface area contributed by atoms with Gasteiger partial charge in [-0.2, -0.15) is 0 Å². The lowest BCUT2D eigenvalue weighted by Gasteiger charge is -2.34. The van der Waals surface area contributed by atoms with Crippen LogP contribution in [0, 0.1) is 0 Å². The van der Waals surface area contributed by atoms with Gasteiger partial charge in [0.15, 0.2) is 11.5 Å². The molecule has 1 atom stereocenters. The van der Waals surface area contributed by atoms with Gasteiger partial charge in [-0.15, -0.1) is 0 Å². The molecule has 0 aliphatic carbocycles. The third-order valence-electron chi connectivity index (χ3n) is 6.75. The first-order valence-corrected chi connectivity index (χ1v) is 16.0. The number of sulfonamides is 1. The number of nitrogens with zero attached hydrogens (tertiary/aromatic N) is 2. The molecule has 44 heavy (non-hydrogen) atoms. The van der Waals surface area contributed by atoms with E-state index in [0.717, 1.165) is 4.31 Å². The fourth-order valence-electron chi connectivity index (χ4n) is 4.59. The van der Waals surface area contributed by atoms with Gasteiger partial charge >= 0.3 is 0 Å². The van der Waals surface area contributed by atoms with E-state index in [1.165, 1.54) is 56.6 Å². The Balaban J connectivity index is 2.19. The summed E-state index contributed by atoms with van der Waals surface area (Å²) < 4.78 is 45.7. The number of anilines is 1. The van der Waals surface area contributed by atoms with Crippen molar-refractivity contribution < 1.29 is 32.2 Å². The molecule has 0 saturated heterocycles. The fraction of sp³-hybridized carbons (Fsp3) is 0.355. The number of carbonyl (C=O) groups excluding carboxylic acids is 2. The van der Waals surface area contributed by atoms with Gasteiger partial charge in [0.1, 0.15) is 18.3 Å². The van der Waals surface area contributed by atoms with Crippen LogP contribution in [0.3, 0.4) is 0 Å². The molecule has 0 bridgehead atoms. The van der Waals surface area contributed by atoms with Crippen LogP contribution in [0.15, 0.2) is 65.6 Å². The van der Waals surface area contributed by atoms with Crippen LogP contribution < -0.4 is 23.8 Å². The van der Waals surface area contributed by atoms with E-state index in [0.29, 0.717) is 16.3 Å². The third-order valence-corrected chi connectivity index (χ3v) is 9.11. The smallest absolute Gasteiger partial charge is 0.265 e. The predicted molar refractivity (Wildman–Crippen MR) is 171 cm³/mol. The van der Waals surface area contributed by atoms with Crippen LogP contribution in [0.4, 0.5) is 5.69 Å². The topological polar surface area (TPSA) is 114 Å². The summed E-state index contributed by atoms with van der Waals surface area (Å²) in [4.78, 5) is 28.8. The minimum Gasteiger partial charge on any atom is -0.495 e. The molecule has 238 valence electrons. The first-order chi connectivity index (χ1) is 20.9. The SMILES string of the molecule is CC[C@H](C(=O)NC(C)C)N(Cc1ccccc1Cl)C(=O)CN(c1cc(Cl)ccc1OC)S(=O)(=O)c1ccc(OC)c(OC)c1. The van der Waals surface area contributed by atoms with E-state index in [4.69, 9.17) is 37.4 Å². The molecule has 2 amide bonds. The Bertz CT molecular complexity index is 1580. The van der Waals surface area contributed by atoms with E-state index in [1.807, 2.05) is 13.8 Å². The summed E-state index contributed by atoms with van der Waals surface area (Å²) in [5, 5.41) is 3.48. The number of carbonyl (C=O) groups is 2. The average molecular weight is 667 g/mol. The van der Waals surface area contributed by atoms with Gasteiger partial charge in [0.05, 0.1) is 31.9 Å². The second-order valence-corrected chi connectivity index (χ2v) is 12.8. The lowest BCUT2D eigenvalue weighted by molar-refractivity contribution is -0.140. The lowest BCUT2D eigenvalue weighted by atomic mass is 10.1. The van der Waals surface area contributed by atoms with E-state index >= 15 is 0 Å². The maximum absolute atomic E-state index is 14.3. The van der Waals surface area contributed by atoms with Crippen molar-refractivity contribution in [2.45, 2.75) is 50.7 Å². The van der Waals surface area contributed by atoms with Gasteiger partial charge in [-0.05, 0) is 62.2 Å². The molecule has 3 aromatic carbocycles. The number of rotatable bonds is 14. The number of amides is 2. The predicted octanol–water partition coefficient (Wildman–Crippen LogP) is 5.55. The maximum Gasteiger partial charge on any atom is 0.265 e. The zero-order valence-electron chi connectivity index (χ0n) is 25.5. The second kappa shape index (κ2) is 15.4. The largest absolute Gasteiger partial charge is 0.495 e. The summed E-state index contributed by atoms with van der Waals surface area (Å²) in [6, 6.07) is 14.4. The van der Waals surface area contributed by atoms with Crippen LogP contribution in [0.5, 0.6) is 17.2 Å². The van der Waals surface area contributed by atoms with Crippen molar-refractivity contribution in [2.24, 2.45) is 0 Å². The third kappa shape index (κ3) is 8.08. The summed E-state index contributed by atoms with van der Waals surface area (Å²) >= 11 is 12.8. The fourth-order valence-corrected chi connectivity index (χ4v) is 6.38. The van der Waals surface area contributed by atoms with Crippen molar-refractivity contribution in [1.29, 1.82) is 0 Å². The van der Waals surface area contributed by atoms with Crippen molar-refractivity contribution in [1.82, 2.24) is 10.2 Å². The number of hydrogen-bond donors (Lipinski definition) is 1. The van der Waals surface area contributed by atoms with Gasteiger partial charge in [-0.1, -0.05) is 48.3 Å². The number of halogens is 2. The summed E-state index contributed by atoms with van der Waals surface area (Å²) in [6.07, 6.45) is 0.262. The minimum absolute atomic E-state index is 0.0282. The molecule has 13 heteroatoms. The standard InChI is InChI=1S/C31H37Cl2N3O7S/c1-7-25(31(38)34-20(2)3)35(18-21-10-8-9-11-24(21)33)30(37)19-36(26-16-22(32)12-14-27(26)41-4)44(39,40)23-13-15-28(42-5)29(17-23)43-6/h8-17,20,25H,7,18-19H2,1-6H3,(H,34,38)/t25-/m1/s1. The molecular weight excluding hydrogens is 629 g/mol. The van der Waals surface area contributed by atoms with Gasteiger partial charge in [-0.25, -0.2) is 8.42 Å². The molecule has 1 N–H and O–H groups in total. The molecule has 0 spiro atoms. The molecule has 3 rings (SSSR count). The highest BCUT2D eigenvalue weighted by Crippen LogP contribution is 2.37. The summed E-state index contributed by atoms with van der Waals surface area (Å²) in [5.41, 5.74) is 0.619. The Morgan fingerprint density at radius 3 is 2.11 bits per heavy atom. The van der Waals surface area contributed by atoms with Gasteiger partial charge in [-0.3, -0.25) is 13.9 Å². The Kier molecular flexibility index (Phi) is 12.2. The zero-order chi connectivity index (χ0) is 32.6.